The van der Waals surface area contributed by atoms with Gasteiger partial charge < -0.3 is 15.4 Å². The summed E-state index contributed by atoms with van der Waals surface area (Å²) < 4.78 is 0. The fourth-order valence-electron chi connectivity index (χ4n) is 2.20. The minimum atomic E-state index is -0.536. The molecule has 1 aliphatic rings. The molecular formula is C12H14N2O. The second kappa shape index (κ2) is 3.08. The summed E-state index contributed by atoms with van der Waals surface area (Å²) in [6.45, 7) is 1.40. The Morgan fingerprint density at radius 1 is 1.27 bits per heavy atom. The summed E-state index contributed by atoms with van der Waals surface area (Å²) in [6.07, 6.45) is 2.67. The molecule has 0 bridgehead atoms. The average Bonchev–Trinajstić information content (AvgIpc) is 2.64. The Kier molecular flexibility index (Phi) is 1.84. The lowest BCUT2D eigenvalue weighted by Crippen LogP contribution is -2.60. The highest BCUT2D eigenvalue weighted by Gasteiger charge is 2.34. The molecule has 78 valence electrons. The van der Waals surface area contributed by atoms with E-state index in [0.717, 1.165) is 11.9 Å². The van der Waals surface area contributed by atoms with Crippen molar-refractivity contribution in [2.75, 3.05) is 13.1 Å². The van der Waals surface area contributed by atoms with E-state index >= 15 is 0 Å². The maximum Gasteiger partial charge on any atom is 0.0935 e. The molecule has 1 aromatic heterocycles. The van der Waals surface area contributed by atoms with Gasteiger partial charge in [-0.05, 0) is 17.7 Å². The van der Waals surface area contributed by atoms with E-state index in [9.17, 15) is 5.11 Å². The SMILES string of the molecule is OC1(Cc2cccc3[nH]ccc23)CNC1. The zero-order valence-electron chi connectivity index (χ0n) is 8.46. The highest BCUT2D eigenvalue weighted by atomic mass is 16.3. The standard InChI is InChI=1S/C12H14N2O/c15-12(7-13-8-12)6-9-2-1-3-11-10(9)4-5-14-11/h1-5,13-15H,6-8H2. The molecule has 15 heavy (non-hydrogen) atoms. The van der Waals surface area contributed by atoms with Gasteiger partial charge in [0, 0.05) is 36.6 Å². The molecule has 1 aromatic carbocycles. The molecule has 0 saturated carbocycles. The van der Waals surface area contributed by atoms with Gasteiger partial charge in [0.25, 0.3) is 0 Å². The Bertz CT molecular complexity index is 485. The first kappa shape index (κ1) is 8.95. The third-order valence-corrected chi connectivity index (χ3v) is 3.11. The van der Waals surface area contributed by atoms with Gasteiger partial charge in [-0.25, -0.2) is 0 Å². The number of aromatic nitrogens is 1. The molecule has 3 nitrogen and oxygen atoms in total. The molecule has 1 fully saturated rings. The summed E-state index contributed by atoms with van der Waals surface area (Å²) in [5, 5.41) is 14.4. The van der Waals surface area contributed by atoms with Gasteiger partial charge in [0.1, 0.15) is 0 Å². The molecule has 0 spiro atoms. The lowest BCUT2D eigenvalue weighted by atomic mass is 9.88. The Morgan fingerprint density at radius 2 is 2.13 bits per heavy atom. The van der Waals surface area contributed by atoms with E-state index in [1.165, 1.54) is 10.9 Å². The van der Waals surface area contributed by atoms with Crippen LogP contribution in [-0.2, 0) is 6.42 Å². The van der Waals surface area contributed by atoms with Crippen molar-refractivity contribution in [1.29, 1.82) is 0 Å². The van der Waals surface area contributed by atoms with Crippen LogP contribution in [-0.4, -0.2) is 28.8 Å². The number of β-amino-alcohol motifs (C(OH)–C–C–N with tert-alkyl or cyclic N) is 1. The second-order valence-electron chi connectivity index (χ2n) is 4.36. The van der Waals surface area contributed by atoms with E-state index < -0.39 is 5.60 Å². The molecule has 1 saturated heterocycles. The number of hydrogen-bond acceptors (Lipinski definition) is 2. The van der Waals surface area contributed by atoms with E-state index in [2.05, 4.69) is 28.5 Å². The zero-order chi connectivity index (χ0) is 10.3. The summed E-state index contributed by atoms with van der Waals surface area (Å²) in [7, 11) is 0. The number of aliphatic hydroxyl groups is 1. The monoisotopic (exact) mass is 202 g/mol. The molecule has 0 aliphatic carbocycles. The largest absolute Gasteiger partial charge is 0.387 e. The van der Waals surface area contributed by atoms with Crippen LogP contribution >= 0.6 is 0 Å². The van der Waals surface area contributed by atoms with E-state index in [4.69, 9.17) is 0 Å². The summed E-state index contributed by atoms with van der Waals surface area (Å²) in [4.78, 5) is 3.18. The summed E-state index contributed by atoms with van der Waals surface area (Å²) in [5.41, 5.74) is 1.83. The smallest absolute Gasteiger partial charge is 0.0935 e. The molecule has 3 N–H and O–H groups in total. The summed E-state index contributed by atoms with van der Waals surface area (Å²) >= 11 is 0. The minimum absolute atomic E-state index is 0.536. The molecule has 3 heteroatoms. The van der Waals surface area contributed by atoms with Crippen molar-refractivity contribution in [3.8, 4) is 0 Å². The predicted octanol–water partition coefficient (Wildman–Crippen LogP) is 1.04. The first-order valence-electron chi connectivity index (χ1n) is 5.25. The number of benzene rings is 1. The second-order valence-corrected chi connectivity index (χ2v) is 4.36. The average molecular weight is 202 g/mol. The Labute approximate surface area is 88.1 Å². The Morgan fingerprint density at radius 3 is 2.87 bits per heavy atom. The van der Waals surface area contributed by atoms with Gasteiger partial charge in [-0.2, -0.15) is 0 Å². The van der Waals surface area contributed by atoms with Gasteiger partial charge in [0.2, 0.25) is 0 Å². The summed E-state index contributed by atoms with van der Waals surface area (Å²) in [6, 6.07) is 8.25. The van der Waals surface area contributed by atoms with Crippen molar-refractivity contribution in [2.24, 2.45) is 0 Å². The maximum atomic E-state index is 10.1. The van der Waals surface area contributed by atoms with Crippen LogP contribution in [0.4, 0.5) is 0 Å². The number of H-pyrrole nitrogens is 1. The highest BCUT2D eigenvalue weighted by Crippen LogP contribution is 2.24. The van der Waals surface area contributed by atoms with Crippen LogP contribution in [0.15, 0.2) is 30.5 Å². The normalized spacial score (nSPS) is 19.0. The third kappa shape index (κ3) is 1.44. The van der Waals surface area contributed by atoms with Crippen LogP contribution in [0.2, 0.25) is 0 Å². The molecule has 2 heterocycles. The topological polar surface area (TPSA) is 48.0 Å². The maximum absolute atomic E-state index is 10.1. The van der Waals surface area contributed by atoms with Crippen LogP contribution in [0.5, 0.6) is 0 Å². The van der Waals surface area contributed by atoms with Crippen LogP contribution in [0.25, 0.3) is 10.9 Å². The molecule has 2 aromatic rings. The van der Waals surface area contributed by atoms with E-state index in [0.29, 0.717) is 13.1 Å². The van der Waals surface area contributed by atoms with E-state index in [-0.39, 0.29) is 0 Å². The summed E-state index contributed by atoms with van der Waals surface area (Å²) in [5.74, 6) is 0. The molecule has 0 radical (unpaired) electrons. The van der Waals surface area contributed by atoms with Gasteiger partial charge in [-0.3, -0.25) is 0 Å². The molecule has 3 rings (SSSR count). The van der Waals surface area contributed by atoms with Crippen LogP contribution < -0.4 is 5.32 Å². The van der Waals surface area contributed by atoms with E-state index in [1.807, 2.05) is 12.3 Å². The lowest BCUT2D eigenvalue weighted by molar-refractivity contribution is -0.00874. The van der Waals surface area contributed by atoms with Crippen molar-refractivity contribution in [1.82, 2.24) is 10.3 Å². The first-order valence-corrected chi connectivity index (χ1v) is 5.25. The van der Waals surface area contributed by atoms with Gasteiger partial charge in [0.15, 0.2) is 0 Å². The van der Waals surface area contributed by atoms with Crippen molar-refractivity contribution in [3.63, 3.8) is 0 Å². The van der Waals surface area contributed by atoms with Gasteiger partial charge >= 0.3 is 0 Å². The van der Waals surface area contributed by atoms with Crippen molar-refractivity contribution in [3.05, 3.63) is 36.0 Å². The Balaban J connectivity index is 1.99. The van der Waals surface area contributed by atoms with Crippen LogP contribution in [0, 0.1) is 0 Å². The predicted molar refractivity (Wildman–Crippen MR) is 59.8 cm³/mol. The van der Waals surface area contributed by atoms with Crippen LogP contribution in [0.1, 0.15) is 5.56 Å². The minimum Gasteiger partial charge on any atom is -0.387 e. The molecule has 1 aliphatic heterocycles. The lowest BCUT2D eigenvalue weighted by Gasteiger charge is -2.37. The van der Waals surface area contributed by atoms with Gasteiger partial charge in [-0.1, -0.05) is 12.1 Å². The number of hydrogen-bond donors (Lipinski definition) is 3. The van der Waals surface area contributed by atoms with Crippen LogP contribution in [0.3, 0.4) is 0 Å². The zero-order valence-corrected chi connectivity index (χ0v) is 8.46. The van der Waals surface area contributed by atoms with Crippen molar-refractivity contribution < 1.29 is 5.11 Å². The molecule has 0 unspecified atom stereocenters. The fraction of sp³-hybridized carbons (Fsp3) is 0.333. The molecule has 0 atom stereocenters. The first-order chi connectivity index (χ1) is 7.27. The van der Waals surface area contributed by atoms with Gasteiger partial charge in [-0.15, -0.1) is 0 Å². The number of nitrogens with one attached hydrogen (secondary N) is 2. The number of aromatic amines is 1. The highest BCUT2D eigenvalue weighted by molar-refractivity contribution is 5.83. The fourth-order valence-corrected chi connectivity index (χ4v) is 2.20. The molecule has 0 amide bonds. The van der Waals surface area contributed by atoms with Gasteiger partial charge in [0.05, 0.1) is 5.60 Å². The number of fused-ring (bicyclic) bond motifs is 1. The van der Waals surface area contributed by atoms with Crippen molar-refractivity contribution >= 4 is 10.9 Å². The third-order valence-electron chi connectivity index (χ3n) is 3.11. The van der Waals surface area contributed by atoms with Crippen molar-refractivity contribution in [2.45, 2.75) is 12.0 Å². The Hall–Kier alpha value is -1.32. The quantitative estimate of drug-likeness (QED) is 0.681. The number of rotatable bonds is 2. The van der Waals surface area contributed by atoms with E-state index in [1.54, 1.807) is 0 Å². The molecular weight excluding hydrogens is 188 g/mol.